The third-order valence-corrected chi connectivity index (χ3v) is 13.5. The van der Waals surface area contributed by atoms with Gasteiger partial charge < -0.3 is 0 Å². The van der Waals surface area contributed by atoms with Crippen molar-refractivity contribution in [1.29, 1.82) is 0 Å². The molecule has 0 aliphatic heterocycles. The summed E-state index contributed by atoms with van der Waals surface area (Å²) >= 11 is 0. The van der Waals surface area contributed by atoms with Crippen LogP contribution >= 0.6 is 23.6 Å². The molecule has 31 heavy (non-hydrogen) atoms. The summed E-state index contributed by atoms with van der Waals surface area (Å²) in [5.41, 5.74) is 1.41. The Balaban J connectivity index is 0.00000272. The Morgan fingerprint density at radius 1 is 0.516 bits per heavy atom. The van der Waals surface area contributed by atoms with Crippen LogP contribution < -0.4 is 15.9 Å². The maximum atomic E-state index is 2.38. The van der Waals surface area contributed by atoms with Crippen molar-refractivity contribution in [2.24, 2.45) is 5.92 Å². The molecule has 0 fully saturated rings. The van der Waals surface area contributed by atoms with Crippen molar-refractivity contribution in [3.05, 3.63) is 127 Å². The summed E-state index contributed by atoms with van der Waals surface area (Å²) in [4.78, 5) is 0. The normalized spacial score (nSPS) is 12.5. The van der Waals surface area contributed by atoms with Crippen LogP contribution in [0.3, 0.4) is 0 Å². The summed E-state index contributed by atoms with van der Waals surface area (Å²) in [5, 5.41) is 4.45. The summed E-state index contributed by atoms with van der Waals surface area (Å²) in [6, 6.07) is 45.1. The molecule has 0 unspecified atom stereocenters. The van der Waals surface area contributed by atoms with Gasteiger partial charge >= 0.3 is 181 Å². The molecular weight excluding hydrogens is 459 g/mol. The summed E-state index contributed by atoms with van der Waals surface area (Å²) in [7, 11) is 0. The first kappa shape index (κ1) is 23.5. The molecule has 0 N–H and O–H groups in total. The zero-order valence-corrected chi connectivity index (χ0v) is 21.0. The molecule has 2 heteroatoms. The van der Waals surface area contributed by atoms with E-state index in [1.165, 1.54) is 21.5 Å². The molecule has 0 saturated carbocycles. The first-order chi connectivity index (χ1) is 14.6. The molecule has 0 radical (unpaired) electrons. The molecule has 0 aromatic heterocycles. The van der Waals surface area contributed by atoms with Gasteiger partial charge in [0.15, 0.2) is 0 Å². The Bertz CT molecular complexity index is 961. The molecular formula is C29H32BrP. The molecule has 0 aliphatic carbocycles. The minimum absolute atomic E-state index is 0. The van der Waals surface area contributed by atoms with Crippen LogP contribution in [-0.2, 0) is 6.16 Å². The standard InChI is InChI=1S/C29H31P.BrH/c1-25(2)23-30(27-17-9-4-10-18-27,28-19-11-5-12-20-28,29-21-13-6-14-22-29)24-26-15-7-3-8-16-26;/h3-22,25H,23-24H2,1-2H3;1H. The zero-order chi connectivity index (χ0) is 20.9. The number of benzene rings is 4. The van der Waals surface area contributed by atoms with Crippen LogP contribution in [-0.4, -0.2) is 6.16 Å². The molecule has 0 spiro atoms. The van der Waals surface area contributed by atoms with E-state index in [1.807, 2.05) is 0 Å². The second-order valence-corrected chi connectivity index (χ2v) is 14.0. The monoisotopic (exact) mass is 490 g/mol. The molecule has 4 rings (SSSR count). The maximum absolute atomic E-state index is 2.80. The fourth-order valence-electron chi connectivity index (χ4n) is 5.26. The van der Waals surface area contributed by atoms with Crippen molar-refractivity contribution >= 4 is 39.5 Å². The quantitative estimate of drug-likeness (QED) is 0.246. The van der Waals surface area contributed by atoms with Gasteiger partial charge in [0.25, 0.3) is 0 Å². The average Bonchev–Trinajstić information content (AvgIpc) is 2.81. The SMILES string of the molecule is Br.CC(C)CP(Cc1ccccc1)(c1ccccc1)(c1ccccc1)c1ccccc1. The van der Waals surface area contributed by atoms with Crippen LogP contribution in [0.25, 0.3) is 0 Å². The van der Waals surface area contributed by atoms with E-state index in [-0.39, 0.29) is 17.0 Å². The average molecular weight is 491 g/mol. The van der Waals surface area contributed by atoms with E-state index < -0.39 is 6.60 Å². The van der Waals surface area contributed by atoms with E-state index in [2.05, 4.69) is 135 Å². The Morgan fingerprint density at radius 3 is 1.16 bits per heavy atom. The van der Waals surface area contributed by atoms with Crippen molar-refractivity contribution in [2.45, 2.75) is 20.0 Å². The Hall–Kier alpha value is -2.21. The van der Waals surface area contributed by atoms with Crippen molar-refractivity contribution in [2.75, 3.05) is 6.16 Å². The topological polar surface area (TPSA) is 0 Å². The third-order valence-electron chi connectivity index (χ3n) is 6.28. The van der Waals surface area contributed by atoms with Crippen molar-refractivity contribution < 1.29 is 0 Å². The van der Waals surface area contributed by atoms with Crippen molar-refractivity contribution in [3.8, 4) is 0 Å². The summed E-state index contributed by atoms with van der Waals surface area (Å²) < 4.78 is 0. The van der Waals surface area contributed by atoms with Gasteiger partial charge in [0, 0.05) is 0 Å². The molecule has 160 valence electrons. The minimum atomic E-state index is -2.80. The molecule has 0 amide bonds. The molecule has 4 aromatic rings. The van der Waals surface area contributed by atoms with Gasteiger partial charge in [0.05, 0.1) is 0 Å². The van der Waals surface area contributed by atoms with Gasteiger partial charge in [-0.25, -0.2) is 0 Å². The zero-order valence-electron chi connectivity index (χ0n) is 18.4. The van der Waals surface area contributed by atoms with Crippen LogP contribution in [0.1, 0.15) is 19.4 Å². The molecule has 0 aliphatic rings. The molecule has 0 heterocycles. The fourth-order valence-corrected chi connectivity index (χ4v) is 12.8. The second kappa shape index (κ2) is 9.94. The van der Waals surface area contributed by atoms with Gasteiger partial charge in [-0.05, 0) is 0 Å². The second-order valence-electron chi connectivity index (χ2n) is 8.73. The Kier molecular flexibility index (Phi) is 7.52. The molecule has 0 atom stereocenters. The number of rotatable bonds is 7. The summed E-state index contributed by atoms with van der Waals surface area (Å²) in [6.07, 6.45) is 2.20. The van der Waals surface area contributed by atoms with Crippen LogP contribution in [0.15, 0.2) is 121 Å². The van der Waals surface area contributed by atoms with Crippen molar-refractivity contribution in [3.63, 3.8) is 0 Å². The molecule has 0 bridgehead atoms. The van der Waals surface area contributed by atoms with E-state index in [0.29, 0.717) is 5.92 Å². The summed E-state index contributed by atoms with van der Waals surface area (Å²) in [5.74, 6) is 0.562. The van der Waals surface area contributed by atoms with E-state index in [4.69, 9.17) is 0 Å². The van der Waals surface area contributed by atoms with Gasteiger partial charge in [0.1, 0.15) is 0 Å². The van der Waals surface area contributed by atoms with Crippen LogP contribution in [0.2, 0.25) is 0 Å². The van der Waals surface area contributed by atoms with Gasteiger partial charge in [-0.15, -0.1) is 17.0 Å². The Morgan fingerprint density at radius 2 is 0.839 bits per heavy atom. The predicted molar refractivity (Wildman–Crippen MR) is 145 cm³/mol. The first-order valence-electron chi connectivity index (χ1n) is 10.9. The van der Waals surface area contributed by atoms with Gasteiger partial charge in [-0.1, -0.05) is 0 Å². The Labute approximate surface area is 198 Å². The van der Waals surface area contributed by atoms with Crippen LogP contribution in [0.5, 0.6) is 0 Å². The predicted octanol–water partition coefficient (Wildman–Crippen LogP) is 6.95. The van der Waals surface area contributed by atoms with Gasteiger partial charge in [-0.2, -0.15) is 0 Å². The van der Waals surface area contributed by atoms with Gasteiger partial charge in [-0.3, -0.25) is 0 Å². The van der Waals surface area contributed by atoms with Crippen molar-refractivity contribution in [1.82, 2.24) is 0 Å². The van der Waals surface area contributed by atoms with Crippen LogP contribution in [0, 0.1) is 5.92 Å². The van der Waals surface area contributed by atoms with E-state index in [9.17, 15) is 0 Å². The summed E-state index contributed by atoms with van der Waals surface area (Å²) in [6.45, 7) is 1.95. The molecule has 4 aromatic carbocycles. The number of halogens is 1. The first-order valence-corrected chi connectivity index (χ1v) is 13.5. The van der Waals surface area contributed by atoms with Gasteiger partial charge in [0.2, 0.25) is 0 Å². The molecule has 0 saturated heterocycles. The van der Waals surface area contributed by atoms with E-state index in [0.717, 1.165) is 12.3 Å². The third kappa shape index (κ3) is 4.27. The van der Waals surface area contributed by atoms with E-state index >= 15 is 0 Å². The van der Waals surface area contributed by atoms with E-state index in [1.54, 1.807) is 0 Å². The molecule has 0 nitrogen and oxygen atoms in total. The number of hydrogen-bond donors (Lipinski definition) is 0. The fraction of sp³-hybridized carbons (Fsp3) is 0.172. The number of hydrogen-bond acceptors (Lipinski definition) is 0. The van der Waals surface area contributed by atoms with Crippen LogP contribution in [0.4, 0.5) is 0 Å².